The van der Waals surface area contributed by atoms with Crippen molar-refractivity contribution in [2.75, 3.05) is 59.8 Å². The van der Waals surface area contributed by atoms with E-state index in [1.807, 2.05) is 0 Å². The summed E-state index contributed by atoms with van der Waals surface area (Å²) in [6, 6.07) is 0. The summed E-state index contributed by atoms with van der Waals surface area (Å²) in [7, 11) is 1.68. The first kappa shape index (κ1) is 25.1. The second-order valence-electron chi connectivity index (χ2n) is 5.47. The second kappa shape index (κ2) is 19.9. The number of guanidine groups is 1. The summed E-state index contributed by atoms with van der Waals surface area (Å²) >= 11 is 0. The monoisotopic (exact) mass is 445 g/mol. The highest BCUT2D eigenvalue weighted by atomic mass is 127. The van der Waals surface area contributed by atoms with E-state index in [-0.39, 0.29) is 24.0 Å². The van der Waals surface area contributed by atoms with Gasteiger partial charge in [0.1, 0.15) is 0 Å². The zero-order valence-corrected chi connectivity index (χ0v) is 17.6. The van der Waals surface area contributed by atoms with Gasteiger partial charge in [0.15, 0.2) is 5.96 Å². The Morgan fingerprint density at radius 2 is 1.74 bits per heavy atom. The van der Waals surface area contributed by atoms with Gasteiger partial charge in [0.25, 0.3) is 0 Å². The van der Waals surface area contributed by atoms with Crippen LogP contribution in [0.5, 0.6) is 0 Å². The minimum atomic E-state index is 0. The Labute approximate surface area is 159 Å². The topological polar surface area (TPSA) is 64.1 Å². The molecule has 0 heterocycles. The lowest BCUT2D eigenvalue weighted by Crippen LogP contribution is -2.38. The average Bonchev–Trinajstić information content (AvgIpc) is 2.49. The third-order valence-corrected chi connectivity index (χ3v) is 2.70. The molecule has 6 nitrogen and oxygen atoms in total. The second-order valence-corrected chi connectivity index (χ2v) is 5.47. The zero-order valence-electron chi connectivity index (χ0n) is 15.2. The van der Waals surface area contributed by atoms with Gasteiger partial charge in [0.2, 0.25) is 0 Å². The van der Waals surface area contributed by atoms with Crippen molar-refractivity contribution in [1.29, 1.82) is 0 Å². The molecule has 0 bridgehead atoms. The molecule has 0 atom stereocenters. The van der Waals surface area contributed by atoms with E-state index in [1.165, 1.54) is 0 Å². The molecule has 0 aromatic rings. The molecule has 7 heteroatoms. The Kier molecular flexibility index (Phi) is 21.8. The van der Waals surface area contributed by atoms with Crippen LogP contribution in [0.3, 0.4) is 0 Å². The van der Waals surface area contributed by atoms with Crippen LogP contribution in [-0.2, 0) is 14.2 Å². The number of rotatable bonds is 14. The molecule has 0 aliphatic heterocycles. The van der Waals surface area contributed by atoms with Gasteiger partial charge < -0.3 is 24.8 Å². The molecule has 0 saturated heterocycles. The van der Waals surface area contributed by atoms with Gasteiger partial charge in [-0.25, -0.2) is 0 Å². The van der Waals surface area contributed by atoms with Crippen LogP contribution in [-0.4, -0.2) is 65.7 Å². The molecule has 2 N–H and O–H groups in total. The molecule has 0 radical (unpaired) electrons. The number of halogens is 1. The van der Waals surface area contributed by atoms with Crippen LogP contribution >= 0.6 is 24.0 Å². The number of nitrogens with one attached hydrogen (secondary N) is 2. The van der Waals surface area contributed by atoms with Gasteiger partial charge in [-0.2, -0.15) is 0 Å². The summed E-state index contributed by atoms with van der Waals surface area (Å²) in [5.41, 5.74) is 0. The average molecular weight is 445 g/mol. The van der Waals surface area contributed by atoms with Crippen LogP contribution in [0.15, 0.2) is 4.99 Å². The van der Waals surface area contributed by atoms with E-state index in [2.05, 4.69) is 36.4 Å². The van der Waals surface area contributed by atoms with E-state index in [4.69, 9.17) is 14.2 Å². The molecule has 0 aliphatic carbocycles. The third-order valence-electron chi connectivity index (χ3n) is 2.70. The number of aliphatic imine (C=N–C) groups is 1. The third kappa shape index (κ3) is 19.8. The largest absolute Gasteiger partial charge is 0.382 e. The smallest absolute Gasteiger partial charge is 0.191 e. The van der Waals surface area contributed by atoms with Crippen LogP contribution < -0.4 is 10.6 Å². The van der Waals surface area contributed by atoms with Gasteiger partial charge in [-0.15, -0.1) is 24.0 Å². The quantitative estimate of drug-likeness (QED) is 0.186. The van der Waals surface area contributed by atoms with Crippen LogP contribution in [0.25, 0.3) is 0 Å². The van der Waals surface area contributed by atoms with Crippen LogP contribution in [0.2, 0.25) is 0 Å². The van der Waals surface area contributed by atoms with Crippen molar-refractivity contribution in [2.24, 2.45) is 10.9 Å². The normalized spacial score (nSPS) is 11.4. The highest BCUT2D eigenvalue weighted by molar-refractivity contribution is 14.0. The Balaban J connectivity index is 0. The van der Waals surface area contributed by atoms with Gasteiger partial charge in [-0.3, -0.25) is 4.99 Å². The lowest BCUT2D eigenvalue weighted by molar-refractivity contribution is 0.0698. The Morgan fingerprint density at radius 3 is 2.39 bits per heavy atom. The first-order chi connectivity index (χ1) is 10.7. The highest BCUT2D eigenvalue weighted by Crippen LogP contribution is 1.93. The molecule has 0 aliphatic rings. The highest BCUT2D eigenvalue weighted by Gasteiger charge is 1.97. The standard InChI is InChI=1S/C16H35N3O3.HI/c1-5-17-16(18-8-6-10-21-13-12-20-4)19-9-7-11-22-14-15(2)3;/h15H,5-14H2,1-4H3,(H2,17,18,19);1H. The minimum Gasteiger partial charge on any atom is -0.382 e. The van der Waals surface area contributed by atoms with Crippen molar-refractivity contribution < 1.29 is 14.2 Å². The predicted molar refractivity (Wildman–Crippen MR) is 107 cm³/mol. The number of methoxy groups -OCH3 is 1. The SMILES string of the molecule is CCNC(=NCCCOCC(C)C)NCCCOCCOC.I. The van der Waals surface area contributed by atoms with E-state index in [0.717, 1.165) is 58.3 Å². The van der Waals surface area contributed by atoms with Gasteiger partial charge in [-0.1, -0.05) is 13.8 Å². The molecule has 0 unspecified atom stereocenters. The van der Waals surface area contributed by atoms with Crippen molar-refractivity contribution >= 4 is 29.9 Å². The Bertz CT molecular complexity index is 267. The van der Waals surface area contributed by atoms with Crippen molar-refractivity contribution in [2.45, 2.75) is 33.6 Å². The number of ether oxygens (including phenoxy) is 3. The number of hydrogen-bond acceptors (Lipinski definition) is 4. The molecule has 0 aromatic heterocycles. The van der Waals surface area contributed by atoms with Crippen molar-refractivity contribution in [3.8, 4) is 0 Å². The van der Waals surface area contributed by atoms with Crippen molar-refractivity contribution in [3.05, 3.63) is 0 Å². The van der Waals surface area contributed by atoms with E-state index in [1.54, 1.807) is 7.11 Å². The fourth-order valence-electron chi connectivity index (χ4n) is 1.64. The predicted octanol–water partition coefficient (Wildman–Crippen LogP) is 2.28. The van der Waals surface area contributed by atoms with E-state index in [0.29, 0.717) is 19.1 Å². The summed E-state index contributed by atoms with van der Waals surface area (Å²) in [5.74, 6) is 1.46. The van der Waals surface area contributed by atoms with Crippen LogP contribution in [0, 0.1) is 5.92 Å². The van der Waals surface area contributed by atoms with Gasteiger partial charge in [-0.05, 0) is 25.7 Å². The molecule has 23 heavy (non-hydrogen) atoms. The molecule has 140 valence electrons. The molecule has 0 fully saturated rings. The van der Waals surface area contributed by atoms with E-state index < -0.39 is 0 Å². The van der Waals surface area contributed by atoms with Gasteiger partial charge in [0, 0.05) is 46.6 Å². The van der Waals surface area contributed by atoms with Crippen molar-refractivity contribution in [3.63, 3.8) is 0 Å². The number of hydrogen-bond donors (Lipinski definition) is 2. The molecule has 0 rings (SSSR count). The van der Waals surface area contributed by atoms with E-state index >= 15 is 0 Å². The summed E-state index contributed by atoms with van der Waals surface area (Å²) in [6.07, 6.45) is 1.90. The number of nitrogens with zero attached hydrogens (tertiary/aromatic N) is 1. The maximum absolute atomic E-state index is 5.55. The van der Waals surface area contributed by atoms with E-state index in [9.17, 15) is 0 Å². The summed E-state index contributed by atoms with van der Waals surface area (Å²) in [4.78, 5) is 4.53. The van der Waals surface area contributed by atoms with Crippen LogP contribution in [0.1, 0.15) is 33.6 Å². The zero-order chi connectivity index (χ0) is 16.5. The summed E-state index contributed by atoms with van der Waals surface area (Å²) in [6.45, 7) is 12.5. The molecule has 0 amide bonds. The maximum Gasteiger partial charge on any atom is 0.191 e. The first-order valence-corrected chi connectivity index (χ1v) is 8.37. The Hall–Kier alpha value is -0.120. The summed E-state index contributed by atoms with van der Waals surface area (Å²) < 4.78 is 15.9. The van der Waals surface area contributed by atoms with Crippen LogP contribution in [0.4, 0.5) is 0 Å². The lowest BCUT2D eigenvalue weighted by atomic mass is 10.2. The first-order valence-electron chi connectivity index (χ1n) is 8.37. The van der Waals surface area contributed by atoms with Gasteiger partial charge in [0.05, 0.1) is 13.2 Å². The molecule has 0 spiro atoms. The fourth-order valence-corrected chi connectivity index (χ4v) is 1.64. The molecule has 0 aromatic carbocycles. The summed E-state index contributed by atoms with van der Waals surface area (Å²) in [5, 5.41) is 6.55. The fraction of sp³-hybridized carbons (Fsp3) is 0.938. The van der Waals surface area contributed by atoms with Gasteiger partial charge >= 0.3 is 0 Å². The molecule has 0 saturated carbocycles. The molecular formula is C16H36IN3O3. The Morgan fingerprint density at radius 1 is 1.00 bits per heavy atom. The maximum atomic E-state index is 5.55. The van der Waals surface area contributed by atoms with Crippen molar-refractivity contribution in [1.82, 2.24) is 10.6 Å². The lowest BCUT2D eigenvalue weighted by Gasteiger charge is -2.11. The molecular weight excluding hydrogens is 409 g/mol. The minimum absolute atomic E-state index is 0.